The van der Waals surface area contributed by atoms with Crippen molar-refractivity contribution in [1.82, 2.24) is 0 Å². The molecule has 8 heteroatoms. The second-order valence-corrected chi connectivity index (χ2v) is 10.2. The average Bonchev–Trinajstić information content (AvgIpc) is 2.60. The average molecular weight is 623 g/mol. The van der Waals surface area contributed by atoms with E-state index in [0.29, 0.717) is 11.1 Å². The molecule has 0 aromatic rings. The fourth-order valence-electron chi connectivity index (χ4n) is 7.00. The number of hydrogen-bond donors (Lipinski definition) is 5. The first kappa shape index (κ1) is 24.3. The normalized spacial score (nSPS) is 53.7. The smallest absolute Gasteiger partial charge is 0.174 e. The van der Waals surface area contributed by atoms with Gasteiger partial charge in [-0.3, -0.25) is 4.79 Å². The fourth-order valence-corrected chi connectivity index (χ4v) is 7.00. The van der Waals surface area contributed by atoms with E-state index in [9.17, 15) is 30.3 Å². The maximum absolute atomic E-state index is 13.6. The molecular weight excluding hydrogens is 591 g/mol. The Hall–Kier alpha value is 0.612. The predicted octanol–water partition coefficient (Wildman–Crippen LogP) is -0.0785. The maximum Gasteiger partial charge on any atom is 0.174 e. The van der Waals surface area contributed by atoms with Gasteiger partial charge in [-0.1, -0.05) is 20.8 Å². The third kappa shape index (κ3) is 2.70. The van der Waals surface area contributed by atoms with Gasteiger partial charge in [0, 0.05) is 68.2 Å². The molecule has 3 fully saturated rings. The Kier molecular flexibility index (Phi) is 5.90. The summed E-state index contributed by atoms with van der Waals surface area (Å²) in [6.45, 7) is 8.58. The minimum atomic E-state index is -1.58. The number of fused-ring (bicyclic) bond motifs is 5. The molecule has 4 rings (SSSR count). The van der Waals surface area contributed by atoms with Crippen molar-refractivity contribution in [2.75, 3.05) is 6.61 Å². The molecule has 161 valence electrons. The molecule has 0 amide bonds. The van der Waals surface area contributed by atoms with Crippen LogP contribution in [0.15, 0.2) is 11.1 Å². The van der Waals surface area contributed by atoms with Crippen molar-refractivity contribution in [2.24, 2.45) is 22.7 Å². The van der Waals surface area contributed by atoms with Crippen molar-refractivity contribution in [3.63, 3.8) is 0 Å². The van der Waals surface area contributed by atoms with Crippen molar-refractivity contribution in [1.29, 1.82) is 0 Å². The van der Waals surface area contributed by atoms with Crippen molar-refractivity contribution in [3.8, 4) is 0 Å². The van der Waals surface area contributed by atoms with E-state index in [1.165, 1.54) is 0 Å². The summed E-state index contributed by atoms with van der Waals surface area (Å²) in [4.78, 5) is 13.6. The number of ether oxygens (including phenoxy) is 1. The van der Waals surface area contributed by atoms with Gasteiger partial charge in [0.1, 0.15) is 11.7 Å². The molecule has 0 aromatic carbocycles. The van der Waals surface area contributed by atoms with Gasteiger partial charge in [0.25, 0.3) is 0 Å². The summed E-state index contributed by atoms with van der Waals surface area (Å²) in [6, 6.07) is 0. The van der Waals surface area contributed by atoms with Gasteiger partial charge in [-0.05, 0) is 30.9 Å². The summed E-state index contributed by atoms with van der Waals surface area (Å²) in [5, 5.41) is 56.1. The first-order chi connectivity index (χ1) is 12.7. The van der Waals surface area contributed by atoms with Crippen LogP contribution in [0.25, 0.3) is 0 Å². The van der Waals surface area contributed by atoms with Gasteiger partial charge < -0.3 is 30.3 Å². The molecule has 29 heavy (non-hydrogen) atoms. The van der Waals surface area contributed by atoms with Gasteiger partial charge in [0.15, 0.2) is 5.78 Å². The van der Waals surface area contributed by atoms with E-state index in [2.05, 4.69) is 0 Å². The predicted molar refractivity (Wildman–Crippen MR) is 99.1 cm³/mol. The number of carbonyl (C=O) groups excluding carboxylic acids is 1. The van der Waals surface area contributed by atoms with Gasteiger partial charge in [-0.15, -0.1) is 0 Å². The molecule has 4 aliphatic rings. The summed E-state index contributed by atoms with van der Waals surface area (Å²) >= 11 is 0. The quantitative estimate of drug-likeness (QED) is 0.239. The Bertz CT molecular complexity index is 766. The molecule has 1 unspecified atom stereocenters. The monoisotopic (exact) mass is 623 g/mol. The van der Waals surface area contributed by atoms with E-state index < -0.39 is 64.1 Å². The summed E-state index contributed by atoms with van der Waals surface area (Å²) in [5.41, 5.74) is -4.54. The molecule has 2 saturated carbocycles. The van der Waals surface area contributed by atoms with Crippen LogP contribution in [0.1, 0.15) is 47.5 Å². The Morgan fingerprint density at radius 2 is 1.69 bits per heavy atom. The Morgan fingerprint density at radius 3 is 2.21 bits per heavy atom. The molecule has 1 aliphatic heterocycles. The topological polar surface area (TPSA) is 127 Å². The Labute approximate surface area is 207 Å². The van der Waals surface area contributed by atoms with Gasteiger partial charge >= 0.3 is 0 Å². The van der Waals surface area contributed by atoms with Crippen LogP contribution in [-0.2, 0) is 9.53 Å². The third-order valence-corrected chi connectivity index (χ3v) is 8.88. The van der Waals surface area contributed by atoms with Gasteiger partial charge in [0.05, 0.1) is 35.9 Å². The molecular formula is C21H32AcO7. The first-order valence-electron chi connectivity index (χ1n) is 10.1. The van der Waals surface area contributed by atoms with E-state index in [1.807, 2.05) is 0 Å². The zero-order valence-electron chi connectivity index (χ0n) is 17.7. The van der Waals surface area contributed by atoms with Crippen molar-refractivity contribution >= 4 is 5.78 Å². The van der Waals surface area contributed by atoms with Crippen LogP contribution in [0.2, 0.25) is 0 Å². The summed E-state index contributed by atoms with van der Waals surface area (Å²) in [6.07, 6.45) is -4.20. The van der Waals surface area contributed by atoms with Gasteiger partial charge in [-0.25, -0.2) is 0 Å². The van der Waals surface area contributed by atoms with E-state index >= 15 is 0 Å². The van der Waals surface area contributed by atoms with Crippen molar-refractivity contribution in [2.45, 2.75) is 83.1 Å². The summed E-state index contributed by atoms with van der Waals surface area (Å²) in [7, 11) is 0. The van der Waals surface area contributed by atoms with Crippen LogP contribution >= 0.6 is 0 Å². The summed E-state index contributed by atoms with van der Waals surface area (Å²) in [5.74, 6) is -2.05. The standard InChI is InChI=1S/C21H32O7.Ac/c1-9-11(22)7-21(27)10(2)16-19(5,12(23)6-13-20(16,26)8-28-13)17(25)15(24)14(9)18(21,3)4;/h10-13,15-16,22-24,26-27H,6-8H2,1-5H3;/t10-,11?,12-,13+,15+,16-,19+,20-,21+;/m0./s1. The maximum atomic E-state index is 13.6. The molecule has 7 nitrogen and oxygen atoms in total. The molecule has 2 bridgehead atoms. The largest absolute Gasteiger partial charge is 0.392 e. The third-order valence-electron chi connectivity index (χ3n) is 8.88. The van der Waals surface area contributed by atoms with Crippen LogP contribution in [0.5, 0.6) is 0 Å². The second-order valence-electron chi connectivity index (χ2n) is 10.2. The molecule has 1 heterocycles. The molecule has 0 spiro atoms. The molecule has 0 aromatic heterocycles. The summed E-state index contributed by atoms with van der Waals surface area (Å²) < 4.78 is 5.49. The molecule has 1 radical (unpaired) electrons. The number of aliphatic hydroxyl groups is 5. The number of ketones is 1. The zero-order chi connectivity index (χ0) is 21.0. The number of Topliss-reactive ketones (excluding diaryl/α,β-unsaturated/α-hetero) is 1. The second kappa shape index (κ2) is 7.05. The van der Waals surface area contributed by atoms with E-state index in [0.717, 1.165) is 0 Å². The number of rotatable bonds is 0. The molecule has 9 atom stereocenters. The molecule has 5 N–H and O–H groups in total. The van der Waals surface area contributed by atoms with Crippen molar-refractivity contribution < 1.29 is 79.1 Å². The fraction of sp³-hybridized carbons (Fsp3) is 0.857. The molecule has 3 aliphatic carbocycles. The SMILES string of the molecule is CC1=C2[C@@H](O)C(=O)[C@@]3(C)[C@H]([C@H](C)[C@](O)(CC1O)C2(C)C)[C@]1(O)CO[C@@H]1C[C@@H]3O.[Ac]. The van der Waals surface area contributed by atoms with Crippen LogP contribution in [0.4, 0.5) is 0 Å². The minimum Gasteiger partial charge on any atom is -0.392 e. The first-order valence-corrected chi connectivity index (χ1v) is 10.1. The van der Waals surface area contributed by atoms with E-state index in [4.69, 9.17) is 4.74 Å². The van der Waals surface area contributed by atoms with Gasteiger partial charge in [0.2, 0.25) is 0 Å². The van der Waals surface area contributed by atoms with E-state index in [-0.39, 0.29) is 63.5 Å². The van der Waals surface area contributed by atoms with Crippen molar-refractivity contribution in [3.05, 3.63) is 11.1 Å². The Morgan fingerprint density at radius 1 is 1.10 bits per heavy atom. The minimum absolute atomic E-state index is 0. The van der Waals surface area contributed by atoms with Crippen LogP contribution in [-0.4, -0.2) is 73.5 Å². The van der Waals surface area contributed by atoms with Crippen LogP contribution in [0.3, 0.4) is 0 Å². The number of hydrogen-bond acceptors (Lipinski definition) is 7. The van der Waals surface area contributed by atoms with E-state index in [1.54, 1.807) is 34.6 Å². The van der Waals surface area contributed by atoms with Crippen LogP contribution < -0.4 is 0 Å². The Balaban J connectivity index is 0.00000240. The molecule has 1 saturated heterocycles. The zero-order valence-corrected chi connectivity index (χ0v) is 22.5. The number of carbonyl (C=O) groups is 1. The van der Waals surface area contributed by atoms with Crippen LogP contribution in [0, 0.1) is 66.7 Å². The van der Waals surface area contributed by atoms with Gasteiger partial charge in [-0.2, -0.15) is 0 Å². The number of aliphatic hydroxyl groups excluding tert-OH is 3.